The number of hydrogen-bond acceptors (Lipinski definition) is 5. The van der Waals surface area contributed by atoms with Crippen LogP contribution in [0.5, 0.6) is 0 Å². The van der Waals surface area contributed by atoms with Crippen LogP contribution in [0.3, 0.4) is 0 Å². The summed E-state index contributed by atoms with van der Waals surface area (Å²) in [4.78, 5) is 14.8. The van der Waals surface area contributed by atoms with Crippen molar-refractivity contribution in [3.05, 3.63) is 42.0 Å². The molecule has 2 fully saturated rings. The van der Waals surface area contributed by atoms with Crippen LogP contribution in [0.15, 0.2) is 30.6 Å². The fourth-order valence-corrected chi connectivity index (χ4v) is 5.50. The molecule has 0 radical (unpaired) electrons. The van der Waals surface area contributed by atoms with Gasteiger partial charge in [-0.05, 0) is 44.4 Å². The number of aromatic nitrogens is 3. The van der Waals surface area contributed by atoms with Crippen molar-refractivity contribution in [2.45, 2.75) is 32.2 Å². The molecule has 0 bridgehead atoms. The van der Waals surface area contributed by atoms with Gasteiger partial charge >= 0.3 is 0 Å². The van der Waals surface area contributed by atoms with Crippen molar-refractivity contribution in [3.8, 4) is 0 Å². The van der Waals surface area contributed by atoms with E-state index in [-0.39, 0.29) is 17.7 Å². The van der Waals surface area contributed by atoms with Crippen molar-refractivity contribution >= 4 is 21.6 Å². The number of likely N-dealkylation sites (tertiary alicyclic amines) is 1. The third-order valence-electron chi connectivity index (χ3n) is 5.33. The Labute approximate surface area is 158 Å². The van der Waals surface area contributed by atoms with Gasteiger partial charge in [-0.15, -0.1) is 10.2 Å². The fraction of sp³-hybridized carbons (Fsp3) is 0.500. The van der Waals surface area contributed by atoms with Crippen molar-refractivity contribution in [2.24, 2.45) is 0 Å². The van der Waals surface area contributed by atoms with Gasteiger partial charge in [-0.2, -0.15) is 0 Å². The first-order valence-electron chi connectivity index (χ1n) is 9.21. The standard InChI is InChI=1S/C18H23N5O3S/c1-14-20-19-13-22(14)17-7-9-21(12-17)18(24)15-5-4-6-16(11-15)23-8-2-3-10-27(23,25)26/h4-6,11,13,17H,2-3,7-10,12H2,1H3. The summed E-state index contributed by atoms with van der Waals surface area (Å²) in [7, 11) is -3.29. The van der Waals surface area contributed by atoms with Crippen molar-refractivity contribution < 1.29 is 13.2 Å². The van der Waals surface area contributed by atoms with E-state index < -0.39 is 10.0 Å². The van der Waals surface area contributed by atoms with Gasteiger partial charge in [0.15, 0.2) is 0 Å². The van der Waals surface area contributed by atoms with Crippen LogP contribution in [0, 0.1) is 6.92 Å². The quantitative estimate of drug-likeness (QED) is 0.796. The Morgan fingerprint density at radius 3 is 2.81 bits per heavy atom. The van der Waals surface area contributed by atoms with Crippen LogP contribution in [-0.4, -0.2) is 59.4 Å². The van der Waals surface area contributed by atoms with Crippen molar-refractivity contribution in [2.75, 3.05) is 29.7 Å². The largest absolute Gasteiger partial charge is 0.336 e. The van der Waals surface area contributed by atoms with Crippen LogP contribution in [0.4, 0.5) is 5.69 Å². The highest BCUT2D eigenvalue weighted by molar-refractivity contribution is 7.92. The number of amides is 1. The smallest absolute Gasteiger partial charge is 0.254 e. The van der Waals surface area contributed by atoms with E-state index in [1.54, 1.807) is 30.6 Å². The maximum atomic E-state index is 13.0. The van der Waals surface area contributed by atoms with Crippen LogP contribution in [-0.2, 0) is 10.0 Å². The number of sulfonamides is 1. The number of carbonyl (C=O) groups excluding carboxylic acids is 1. The Morgan fingerprint density at radius 1 is 1.22 bits per heavy atom. The third kappa shape index (κ3) is 3.43. The van der Waals surface area contributed by atoms with Gasteiger partial charge in [-0.1, -0.05) is 6.07 Å². The summed E-state index contributed by atoms with van der Waals surface area (Å²) in [5, 5.41) is 7.93. The minimum atomic E-state index is -3.29. The first-order valence-corrected chi connectivity index (χ1v) is 10.8. The second-order valence-electron chi connectivity index (χ2n) is 7.12. The molecule has 8 nitrogen and oxygen atoms in total. The Hall–Kier alpha value is -2.42. The van der Waals surface area contributed by atoms with Gasteiger partial charge in [0.25, 0.3) is 5.91 Å². The minimum Gasteiger partial charge on any atom is -0.336 e. The van der Waals surface area contributed by atoms with Gasteiger partial charge < -0.3 is 9.47 Å². The van der Waals surface area contributed by atoms with Crippen molar-refractivity contribution in [1.29, 1.82) is 0 Å². The first-order chi connectivity index (χ1) is 13.0. The van der Waals surface area contributed by atoms with E-state index in [0.717, 1.165) is 18.7 Å². The van der Waals surface area contributed by atoms with Crippen LogP contribution in [0.25, 0.3) is 0 Å². The third-order valence-corrected chi connectivity index (χ3v) is 7.20. The van der Waals surface area contributed by atoms with Crippen LogP contribution < -0.4 is 4.31 Å². The molecule has 1 aromatic carbocycles. The monoisotopic (exact) mass is 389 g/mol. The Kier molecular flexibility index (Phi) is 4.63. The predicted octanol–water partition coefficient (Wildman–Crippen LogP) is 1.60. The summed E-state index contributed by atoms with van der Waals surface area (Å²) in [6, 6.07) is 7.13. The fourth-order valence-electron chi connectivity index (χ4n) is 3.87. The lowest BCUT2D eigenvalue weighted by molar-refractivity contribution is 0.0787. The molecule has 1 atom stereocenters. The molecule has 2 aliphatic rings. The van der Waals surface area contributed by atoms with E-state index in [2.05, 4.69) is 10.2 Å². The predicted molar refractivity (Wildman–Crippen MR) is 101 cm³/mol. The van der Waals surface area contributed by atoms with E-state index in [1.807, 2.05) is 16.4 Å². The van der Waals surface area contributed by atoms with E-state index in [9.17, 15) is 13.2 Å². The van der Waals surface area contributed by atoms with Crippen LogP contribution in [0.1, 0.15) is 41.5 Å². The molecule has 144 valence electrons. The number of hydrogen-bond donors (Lipinski definition) is 0. The molecular weight excluding hydrogens is 366 g/mol. The van der Waals surface area contributed by atoms with Gasteiger partial charge in [-0.25, -0.2) is 8.42 Å². The number of rotatable bonds is 3. The van der Waals surface area contributed by atoms with Gasteiger partial charge in [0, 0.05) is 25.2 Å². The highest BCUT2D eigenvalue weighted by Crippen LogP contribution is 2.27. The highest BCUT2D eigenvalue weighted by atomic mass is 32.2. The molecule has 1 aromatic heterocycles. The minimum absolute atomic E-state index is 0.0699. The van der Waals surface area contributed by atoms with Crippen LogP contribution in [0.2, 0.25) is 0 Å². The molecule has 9 heteroatoms. The molecule has 4 rings (SSSR count). The zero-order valence-electron chi connectivity index (χ0n) is 15.3. The Balaban J connectivity index is 1.52. The summed E-state index contributed by atoms with van der Waals surface area (Å²) < 4.78 is 28.1. The summed E-state index contributed by atoms with van der Waals surface area (Å²) in [6.45, 7) is 3.63. The second-order valence-corrected chi connectivity index (χ2v) is 9.14. The molecule has 0 aliphatic carbocycles. The second kappa shape index (κ2) is 6.95. The highest BCUT2D eigenvalue weighted by Gasteiger charge is 2.30. The number of anilines is 1. The molecule has 2 saturated heterocycles. The lowest BCUT2D eigenvalue weighted by Crippen LogP contribution is -2.38. The molecule has 1 amide bonds. The van der Waals surface area contributed by atoms with Crippen molar-refractivity contribution in [1.82, 2.24) is 19.7 Å². The van der Waals surface area contributed by atoms with Gasteiger partial charge in [0.05, 0.1) is 17.5 Å². The first kappa shape index (κ1) is 18.0. The number of aryl methyl sites for hydroxylation is 1. The molecule has 0 spiro atoms. The summed E-state index contributed by atoms with van der Waals surface area (Å²) in [5.74, 6) is 0.933. The molecular formula is C18H23N5O3S. The maximum Gasteiger partial charge on any atom is 0.254 e. The number of benzene rings is 1. The lowest BCUT2D eigenvalue weighted by atomic mass is 10.1. The molecule has 2 aliphatic heterocycles. The average Bonchev–Trinajstić information content (AvgIpc) is 3.29. The van der Waals surface area contributed by atoms with E-state index in [0.29, 0.717) is 37.3 Å². The Morgan fingerprint density at radius 2 is 2.07 bits per heavy atom. The number of nitrogens with zero attached hydrogens (tertiary/aromatic N) is 5. The van der Waals surface area contributed by atoms with Crippen LogP contribution >= 0.6 is 0 Å². The lowest BCUT2D eigenvalue weighted by Gasteiger charge is -2.28. The number of carbonyl (C=O) groups is 1. The van der Waals surface area contributed by atoms with E-state index >= 15 is 0 Å². The molecule has 0 saturated carbocycles. The van der Waals surface area contributed by atoms with Crippen molar-refractivity contribution in [3.63, 3.8) is 0 Å². The summed E-state index contributed by atoms with van der Waals surface area (Å²) in [5.41, 5.74) is 1.10. The van der Waals surface area contributed by atoms with E-state index in [4.69, 9.17) is 0 Å². The maximum absolute atomic E-state index is 13.0. The molecule has 0 N–H and O–H groups in total. The zero-order chi connectivity index (χ0) is 19.0. The molecule has 27 heavy (non-hydrogen) atoms. The van der Waals surface area contributed by atoms with Gasteiger partial charge in [0.1, 0.15) is 12.2 Å². The van der Waals surface area contributed by atoms with Gasteiger partial charge in [0.2, 0.25) is 10.0 Å². The molecule has 3 heterocycles. The van der Waals surface area contributed by atoms with Gasteiger partial charge in [-0.3, -0.25) is 9.10 Å². The topological polar surface area (TPSA) is 88.4 Å². The molecule has 1 unspecified atom stereocenters. The molecule has 2 aromatic rings. The van der Waals surface area contributed by atoms with E-state index in [1.165, 1.54) is 4.31 Å². The summed E-state index contributed by atoms with van der Waals surface area (Å²) >= 11 is 0. The zero-order valence-corrected chi connectivity index (χ0v) is 16.1. The summed E-state index contributed by atoms with van der Waals surface area (Å²) in [6.07, 6.45) is 4.08. The average molecular weight is 389 g/mol. The normalized spacial score (nSPS) is 22.2. The Bertz CT molecular complexity index is 955. The SMILES string of the molecule is Cc1nncn1C1CCN(C(=O)c2cccc(N3CCCCS3(=O)=O)c2)C1.